The molecule has 0 aliphatic rings. The molecule has 2 aromatic rings. The van der Waals surface area contributed by atoms with Crippen LogP contribution in [0.4, 0.5) is 0 Å². The molecule has 0 saturated carbocycles. The fourth-order valence-corrected chi connectivity index (χ4v) is 2.75. The molecular weight excluding hydrogens is 256 g/mol. The van der Waals surface area contributed by atoms with Crippen molar-refractivity contribution in [2.24, 2.45) is 5.84 Å². The summed E-state index contributed by atoms with van der Waals surface area (Å²) in [5.41, 5.74) is 10.9. The van der Waals surface area contributed by atoms with Crippen LogP contribution in [0.25, 0.3) is 0 Å². The minimum Gasteiger partial charge on any atom is -0.271 e. The lowest BCUT2D eigenvalue weighted by molar-refractivity contribution is 0.514. The lowest BCUT2D eigenvalue weighted by Gasteiger charge is -2.20. The van der Waals surface area contributed by atoms with Gasteiger partial charge >= 0.3 is 0 Å². The van der Waals surface area contributed by atoms with Gasteiger partial charge in [-0.2, -0.15) is 0 Å². The SMILES string of the molecule is Cc1ccc(CCC(NN)c2cc(C)c(C)cc2C)cc1. The Balaban J connectivity index is 2.13. The van der Waals surface area contributed by atoms with Gasteiger partial charge in [0.05, 0.1) is 0 Å². The monoisotopic (exact) mass is 282 g/mol. The Morgan fingerprint density at radius 3 is 2.14 bits per heavy atom. The molecule has 1 unspecified atom stereocenters. The number of aryl methyl sites for hydroxylation is 5. The van der Waals surface area contributed by atoms with Gasteiger partial charge < -0.3 is 0 Å². The fourth-order valence-electron chi connectivity index (χ4n) is 2.75. The van der Waals surface area contributed by atoms with Gasteiger partial charge in [0, 0.05) is 6.04 Å². The van der Waals surface area contributed by atoms with Crippen LogP contribution in [0.3, 0.4) is 0 Å². The van der Waals surface area contributed by atoms with Crippen LogP contribution in [0.15, 0.2) is 36.4 Å². The van der Waals surface area contributed by atoms with E-state index in [9.17, 15) is 0 Å². The third-order valence-electron chi connectivity index (χ3n) is 4.30. The number of hydrogen-bond donors (Lipinski definition) is 2. The Labute approximate surface area is 128 Å². The zero-order valence-electron chi connectivity index (χ0n) is 13.5. The molecule has 0 saturated heterocycles. The van der Waals surface area contributed by atoms with E-state index in [1.54, 1.807) is 0 Å². The van der Waals surface area contributed by atoms with Crippen molar-refractivity contribution in [3.8, 4) is 0 Å². The average Bonchev–Trinajstić information content (AvgIpc) is 2.46. The standard InChI is InChI=1S/C19H26N2/c1-13-5-7-17(8-6-13)9-10-19(21-20)18-12-15(3)14(2)11-16(18)4/h5-8,11-12,19,21H,9-10,20H2,1-4H3. The van der Waals surface area contributed by atoms with Crippen LogP contribution < -0.4 is 11.3 Å². The van der Waals surface area contributed by atoms with Crippen molar-refractivity contribution in [1.29, 1.82) is 0 Å². The van der Waals surface area contributed by atoms with Gasteiger partial charge in [0.15, 0.2) is 0 Å². The van der Waals surface area contributed by atoms with Crippen LogP contribution in [0.2, 0.25) is 0 Å². The highest BCUT2D eigenvalue weighted by Gasteiger charge is 2.13. The van der Waals surface area contributed by atoms with Gasteiger partial charge in [-0.25, -0.2) is 0 Å². The number of hydrogen-bond acceptors (Lipinski definition) is 2. The third-order valence-corrected chi connectivity index (χ3v) is 4.30. The van der Waals surface area contributed by atoms with E-state index in [1.807, 2.05) is 0 Å². The molecule has 0 spiro atoms. The Morgan fingerprint density at radius 1 is 0.905 bits per heavy atom. The van der Waals surface area contributed by atoms with Gasteiger partial charge in [0.1, 0.15) is 0 Å². The summed E-state index contributed by atoms with van der Waals surface area (Å²) in [6.07, 6.45) is 2.03. The molecule has 0 fully saturated rings. The Morgan fingerprint density at radius 2 is 1.52 bits per heavy atom. The first-order valence-electron chi connectivity index (χ1n) is 7.60. The summed E-state index contributed by atoms with van der Waals surface area (Å²) in [5.74, 6) is 5.80. The van der Waals surface area contributed by atoms with Crippen molar-refractivity contribution >= 4 is 0 Å². The maximum Gasteiger partial charge on any atom is 0.0465 e. The fraction of sp³-hybridized carbons (Fsp3) is 0.368. The molecule has 0 amide bonds. The van der Waals surface area contributed by atoms with E-state index < -0.39 is 0 Å². The summed E-state index contributed by atoms with van der Waals surface area (Å²) < 4.78 is 0. The van der Waals surface area contributed by atoms with Crippen molar-refractivity contribution in [2.45, 2.75) is 46.6 Å². The second-order valence-electron chi connectivity index (χ2n) is 6.04. The van der Waals surface area contributed by atoms with Gasteiger partial charge in [-0.3, -0.25) is 11.3 Å². The van der Waals surface area contributed by atoms with Crippen LogP contribution in [0.5, 0.6) is 0 Å². The van der Waals surface area contributed by atoms with E-state index in [0.717, 1.165) is 12.8 Å². The second kappa shape index (κ2) is 6.88. The summed E-state index contributed by atoms with van der Waals surface area (Å²) in [7, 11) is 0. The summed E-state index contributed by atoms with van der Waals surface area (Å²) in [4.78, 5) is 0. The first-order chi connectivity index (χ1) is 10.0. The smallest absolute Gasteiger partial charge is 0.0465 e. The number of benzene rings is 2. The van der Waals surface area contributed by atoms with Gasteiger partial charge in [0.2, 0.25) is 0 Å². The summed E-state index contributed by atoms with van der Waals surface area (Å²) >= 11 is 0. The average molecular weight is 282 g/mol. The Bertz CT molecular complexity index is 600. The molecule has 0 aromatic heterocycles. The van der Waals surface area contributed by atoms with Crippen LogP contribution in [-0.4, -0.2) is 0 Å². The number of nitrogens with two attached hydrogens (primary N) is 1. The van der Waals surface area contributed by atoms with Crippen molar-refractivity contribution in [3.05, 3.63) is 69.8 Å². The first-order valence-corrected chi connectivity index (χ1v) is 7.60. The molecule has 2 rings (SSSR count). The summed E-state index contributed by atoms with van der Waals surface area (Å²) in [6, 6.07) is 13.5. The van der Waals surface area contributed by atoms with Crippen molar-refractivity contribution in [2.75, 3.05) is 0 Å². The largest absolute Gasteiger partial charge is 0.271 e. The quantitative estimate of drug-likeness (QED) is 0.641. The lowest BCUT2D eigenvalue weighted by Crippen LogP contribution is -2.29. The van der Waals surface area contributed by atoms with Gasteiger partial charge in [-0.15, -0.1) is 0 Å². The Kier molecular flexibility index (Phi) is 5.16. The van der Waals surface area contributed by atoms with E-state index in [0.29, 0.717) is 0 Å². The number of nitrogens with one attached hydrogen (secondary N) is 1. The molecule has 2 heteroatoms. The van der Waals surface area contributed by atoms with E-state index in [2.05, 4.69) is 69.5 Å². The Hall–Kier alpha value is -1.64. The predicted molar refractivity (Wildman–Crippen MR) is 90.2 cm³/mol. The molecule has 2 nitrogen and oxygen atoms in total. The van der Waals surface area contributed by atoms with Crippen molar-refractivity contribution in [1.82, 2.24) is 5.43 Å². The third kappa shape index (κ3) is 3.93. The van der Waals surface area contributed by atoms with E-state index in [4.69, 9.17) is 5.84 Å². The highest BCUT2D eigenvalue weighted by molar-refractivity contribution is 5.38. The first kappa shape index (κ1) is 15.7. The highest BCUT2D eigenvalue weighted by atomic mass is 15.2. The van der Waals surface area contributed by atoms with Crippen LogP contribution in [0.1, 0.15) is 45.8 Å². The van der Waals surface area contributed by atoms with Gasteiger partial charge in [-0.05, 0) is 68.4 Å². The lowest BCUT2D eigenvalue weighted by atomic mass is 9.92. The highest BCUT2D eigenvalue weighted by Crippen LogP contribution is 2.25. The molecule has 2 aromatic carbocycles. The molecule has 1 atom stereocenters. The van der Waals surface area contributed by atoms with Crippen LogP contribution >= 0.6 is 0 Å². The molecule has 0 heterocycles. The van der Waals surface area contributed by atoms with Gasteiger partial charge in [0.25, 0.3) is 0 Å². The maximum atomic E-state index is 5.80. The number of rotatable bonds is 5. The van der Waals surface area contributed by atoms with Crippen LogP contribution in [0, 0.1) is 27.7 Å². The minimum atomic E-state index is 0.200. The molecule has 3 N–H and O–H groups in total. The zero-order valence-corrected chi connectivity index (χ0v) is 13.5. The molecule has 0 radical (unpaired) electrons. The van der Waals surface area contributed by atoms with Gasteiger partial charge in [-0.1, -0.05) is 42.0 Å². The normalized spacial score (nSPS) is 12.4. The van der Waals surface area contributed by atoms with E-state index in [1.165, 1.54) is 33.4 Å². The summed E-state index contributed by atoms with van der Waals surface area (Å²) in [5, 5.41) is 0. The predicted octanol–water partition coefficient (Wildman–Crippen LogP) is 4.06. The van der Waals surface area contributed by atoms with E-state index >= 15 is 0 Å². The minimum absolute atomic E-state index is 0.200. The molecule has 112 valence electrons. The zero-order chi connectivity index (χ0) is 15.4. The van der Waals surface area contributed by atoms with Crippen molar-refractivity contribution in [3.63, 3.8) is 0 Å². The van der Waals surface area contributed by atoms with E-state index in [-0.39, 0.29) is 6.04 Å². The van der Waals surface area contributed by atoms with Crippen molar-refractivity contribution < 1.29 is 0 Å². The second-order valence-corrected chi connectivity index (χ2v) is 6.04. The topological polar surface area (TPSA) is 38.0 Å². The number of hydrazine groups is 1. The summed E-state index contributed by atoms with van der Waals surface area (Å²) in [6.45, 7) is 8.60. The maximum absolute atomic E-state index is 5.80. The molecule has 21 heavy (non-hydrogen) atoms. The molecular formula is C19H26N2. The molecule has 0 aliphatic heterocycles. The van der Waals surface area contributed by atoms with Crippen LogP contribution in [-0.2, 0) is 6.42 Å². The molecule has 0 aliphatic carbocycles. The molecule has 0 bridgehead atoms.